The molecule has 0 aliphatic heterocycles. The molecule has 0 aliphatic rings. The number of hydrogen-bond donors (Lipinski definition) is 2. The van der Waals surface area contributed by atoms with E-state index in [0.717, 1.165) is 17.7 Å². The van der Waals surface area contributed by atoms with Gasteiger partial charge >= 0.3 is 0 Å². The summed E-state index contributed by atoms with van der Waals surface area (Å²) in [5, 5.41) is 9.10. The fraction of sp³-hybridized carbons (Fsp3) is 0.500. The predicted octanol–water partition coefficient (Wildman–Crippen LogP) is 0.810. The lowest BCUT2D eigenvalue weighted by Gasteiger charge is -2.23. The van der Waals surface area contributed by atoms with E-state index in [1.807, 2.05) is 19.1 Å². The number of aromatic nitrogens is 1. The molecular weight excluding hydrogens is 164 g/mol. The maximum absolute atomic E-state index is 9.10. The molecular formula is C10H16N2O. The number of nitrogens with zero attached hydrogens (tertiary/aromatic N) is 1. The zero-order valence-electron chi connectivity index (χ0n) is 8.12. The Morgan fingerprint density at radius 1 is 1.62 bits per heavy atom. The molecule has 3 N–H and O–H groups in total. The van der Waals surface area contributed by atoms with Gasteiger partial charge in [-0.25, -0.2) is 0 Å². The van der Waals surface area contributed by atoms with Crippen LogP contribution in [0.1, 0.15) is 25.1 Å². The van der Waals surface area contributed by atoms with Crippen LogP contribution in [0, 0.1) is 0 Å². The molecule has 72 valence electrons. The van der Waals surface area contributed by atoms with E-state index in [1.54, 1.807) is 13.1 Å². The molecule has 0 aliphatic carbocycles. The highest BCUT2D eigenvalue weighted by Gasteiger charge is 2.23. The van der Waals surface area contributed by atoms with Crippen molar-refractivity contribution in [2.75, 3.05) is 6.61 Å². The number of pyridine rings is 1. The van der Waals surface area contributed by atoms with Crippen LogP contribution in [0.5, 0.6) is 0 Å². The maximum Gasteiger partial charge on any atom is 0.0791 e. The van der Waals surface area contributed by atoms with Crippen molar-refractivity contribution in [1.82, 2.24) is 4.98 Å². The van der Waals surface area contributed by atoms with Crippen molar-refractivity contribution in [2.45, 2.75) is 25.8 Å². The second-order valence-corrected chi connectivity index (χ2v) is 3.44. The van der Waals surface area contributed by atoms with Crippen LogP contribution in [0.3, 0.4) is 0 Å². The van der Waals surface area contributed by atoms with E-state index in [2.05, 4.69) is 4.98 Å². The van der Waals surface area contributed by atoms with E-state index in [-0.39, 0.29) is 6.61 Å². The quantitative estimate of drug-likeness (QED) is 0.723. The van der Waals surface area contributed by atoms with Gasteiger partial charge in [0.05, 0.1) is 17.8 Å². The zero-order valence-corrected chi connectivity index (χ0v) is 8.12. The number of hydrogen-bond acceptors (Lipinski definition) is 3. The zero-order chi connectivity index (χ0) is 9.90. The first-order valence-electron chi connectivity index (χ1n) is 4.46. The second kappa shape index (κ2) is 3.85. The molecule has 0 bridgehead atoms. The first-order valence-corrected chi connectivity index (χ1v) is 4.46. The van der Waals surface area contributed by atoms with Gasteiger partial charge in [-0.2, -0.15) is 0 Å². The third kappa shape index (κ3) is 2.05. The Kier molecular flexibility index (Phi) is 3.01. The Bertz CT molecular complexity index is 284. The summed E-state index contributed by atoms with van der Waals surface area (Å²) in [6.07, 6.45) is 2.59. The fourth-order valence-electron chi connectivity index (χ4n) is 1.31. The van der Waals surface area contributed by atoms with Gasteiger partial charge in [-0.15, -0.1) is 0 Å². The lowest BCUT2D eigenvalue weighted by atomic mass is 9.94. The normalized spacial score (nSPS) is 15.4. The maximum atomic E-state index is 9.10. The monoisotopic (exact) mass is 180 g/mol. The molecule has 13 heavy (non-hydrogen) atoms. The Labute approximate surface area is 78.6 Å². The van der Waals surface area contributed by atoms with Gasteiger partial charge in [0, 0.05) is 6.20 Å². The third-order valence-electron chi connectivity index (χ3n) is 2.14. The van der Waals surface area contributed by atoms with E-state index in [9.17, 15) is 0 Å². The highest BCUT2D eigenvalue weighted by atomic mass is 16.3. The summed E-state index contributed by atoms with van der Waals surface area (Å²) < 4.78 is 0. The summed E-state index contributed by atoms with van der Waals surface area (Å²) in [6, 6.07) is 3.87. The van der Waals surface area contributed by atoms with Crippen LogP contribution in [0.15, 0.2) is 18.3 Å². The van der Waals surface area contributed by atoms with Gasteiger partial charge in [0.2, 0.25) is 0 Å². The number of aliphatic hydroxyl groups is 1. The molecule has 3 nitrogen and oxygen atoms in total. The Morgan fingerprint density at radius 3 is 2.85 bits per heavy atom. The van der Waals surface area contributed by atoms with E-state index < -0.39 is 5.54 Å². The largest absolute Gasteiger partial charge is 0.394 e. The average Bonchev–Trinajstić information content (AvgIpc) is 2.18. The van der Waals surface area contributed by atoms with Gasteiger partial charge in [-0.3, -0.25) is 4.98 Å². The van der Waals surface area contributed by atoms with Crippen molar-refractivity contribution >= 4 is 0 Å². The smallest absolute Gasteiger partial charge is 0.0791 e. The van der Waals surface area contributed by atoms with Crippen LogP contribution in [0.4, 0.5) is 0 Å². The lowest BCUT2D eigenvalue weighted by molar-refractivity contribution is 0.206. The van der Waals surface area contributed by atoms with Crippen LogP contribution >= 0.6 is 0 Å². The van der Waals surface area contributed by atoms with Gasteiger partial charge in [0.1, 0.15) is 0 Å². The van der Waals surface area contributed by atoms with E-state index in [4.69, 9.17) is 10.8 Å². The molecule has 1 heterocycles. The van der Waals surface area contributed by atoms with Gasteiger partial charge in [-0.1, -0.05) is 13.0 Å². The lowest BCUT2D eigenvalue weighted by Crippen LogP contribution is -2.38. The van der Waals surface area contributed by atoms with Crippen molar-refractivity contribution in [2.24, 2.45) is 5.73 Å². The summed E-state index contributed by atoms with van der Waals surface area (Å²) in [6.45, 7) is 3.75. The molecule has 0 fully saturated rings. The molecule has 1 aromatic heterocycles. The highest BCUT2D eigenvalue weighted by Crippen LogP contribution is 2.18. The topological polar surface area (TPSA) is 59.1 Å². The molecule has 0 saturated carbocycles. The number of aliphatic hydroxyl groups excluding tert-OH is 1. The molecule has 0 spiro atoms. The number of nitrogens with two attached hydrogens (primary N) is 1. The first kappa shape index (κ1) is 10.2. The summed E-state index contributed by atoms with van der Waals surface area (Å²) in [7, 11) is 0. The van der Waals surface area contributed by atoms with Crippen molar-refractivity contribution < 1.29 is 5.11 Å². The molecule has 1 aromatic rings. The van der Waals surface area contributed by atoms with E-state index >= 15 is 0 Å². The minimum atomic E-state index is -0.730. The molecule has 3 heteroatoms. The number of aryl methyl sites for hydroxylation is 1. The third-order valence-corrected chi connectivity index (χ3v) is 2.14. The Hall–Kier alpha value is -0.930. The van der Waals surface area contributed by atoms with Crippen molar-refractivity contribution in [1.29, 1.82) is 0 Å². The van der Waals surface area contributed by atoms with Gasteiger partial charge < -0.3 is 10.8 Å². The van der Waals surface area contributed by atoms with Crippen LogP contribution in [0.25, 0.3) is 0 Å². The molecule has 1 atom stereocenters. The van der Waals surface area contributed by atoms with Crippen molar-refractivity contribution in [3.05, 3.63) is 29.6 Å². The minimum Gasteiger partial charge on any atom is -0.394 e. The van der Waals surface area contributed by atoms with E-state index in [0.29, 0.717) is 0 Å². The van der Waals surface area contributed by atoms with Crippen molar-refractivity contribution in [3.8, 4) is 0 Å². The second-order valence-electron chi connectivity index (χ2n) is 3.44. The molecule has 1 rings (SSSR count). The molecule has 0 amide bonds. The molecule has 0 saturated heterocycles. The Morgan fingerprint density at radius 2 is 2.31 bits per heavy atom. The SMILES string of the molecule is CCc1cccnc1[C@@](C)(N)CO. The van der Waals surface area contributed by atoms with Gasteiger partial charge in [0.15, 0.2) is 0 Å². The average molecular weight is 180 g/mol. The summed E-state index contributed by atoms with van der Waals surface area (Å²) in [5.74, 6) is 0. The fourth-order valence-corrected chi connectivity index (χ4v) is 1.31. The molecule has 0 radical (unpaired) electrons. The van der Waals surface area contributed by atoms with Crippen molar-refractivity contribution in [3.63, 3.8) is 0 Å². The predicted molar refractivity (Wildman–Crippen MR) is 52.2 cm³/mol. The number of rotatable bonds is 3. The van der Waals surface area contributed by atoms with Gasteiger partial charge in [-0.05, 0) is 25.0 Å². The Balaban J connectivity index is 3.12. The van der Waals surface area contributed by atoms with Crippen LogP contribution in [-0.2, 0) is 12.0 Å². The standard InChI is InChI=1S/C10H16N2O/c1-3-8-5-4-6-12-9(8)10(2,11)7-13/h4-6,13H,3,7,11H2,1-2H3/t10-/m0/s1. The van der Waals surface area contributed by atoms with Crippen LogP contribution < -0.4 is 5.73 Å². The van der Waals surface area contributed by atoms with Gasteiger partial charge in [0.25, 0.3) is 0 Å². The minimum absolute atomic E-state index is 0.0863. The molecule has 0 aromatic carbocycles. The molecule has 0 unspecified atom stereocenters. The first-order chi connectivity index (χ1) is 6.11. The highest BCUT2D eigenvalue weighted by molar-refractivity contribution is 5.26. The van der Waals surface area contributed by atoms with Crippen LogP contribution in [0.2, 0.25) is 0 Å². The summed E-state index contributed by atoms with van der Waals surface area (Å²) in [4.78, 5) is 4.21. The van der Waals surface area contributed by atoms with E-state index in [1.165, 1.54) is 0 Å². The van der Waals surface area contributed by atoms with Crippen LogP contribution in [-0.4, -0.2) is 16.7 Å². The summed E-state index contributed by atoms with van der Waals surface area (Å²) >= 11 is 0. The summed E-state index contributed by atoms with van der Waals surface area (Å²) in [5.41, 5.74) is 7.06.